The number of nitrogens with zero attached hydrogens (tertiary/aromatic N) is 3. The summed E-state index contributed by atoms with van der Waals surface area (Å²) in [5, 5.41) is 13.7. The van der Waals surface area contributed by atoms with Crippen molar-refractivity contribution in [3.63, 3.8) is 0 Å². The fourth-order valence-corrected chi connectivity index (χ4v) is 1.88. The lowest BCUT2D eigenvalue weighted by Gasteiger charge is -2.11. The van der Waals surface area contributed by atoms with Crippen molar-refractivity contribution in [2.45, 2.75) is 6.92 Å². The molecule has 0 aliphatic heterocycles. The number of hydrogen-bond donors (Lipinski definition) is 3. The van der Waals surface area contributed by atoms with Crippen molar-refractivity contribution in [1.82, 2.24) is 9.97 Å². The zero-order valence-electron chi connectivity index (χ0n) is 10.7. The molecule has 0 spiro atoms. The van der Waals surface area contributed by atoms with Crippen LogP contribution in [0.4, 0.5) is 27.5 Å². The maximum absolute atomic E-state index is 13.8. The van der Waals surface area contributed by atoms with Gasteiger partial charge in [0.1, 0.15) is 11.5 Å². The molecule has 0 saturated carbocycles. The number of aromatic nitrogens is 2. The highest BCUT2D eigenvalue weighted by atomic mass is 35.5. The minimum absolute atomic E-state index is 0.0481. The van der Waals surface area contributed by atoms with Crippen molar-refractivity contribution in [3.8, 4) is 0 Å². The Bertz CT molecular complexity index is 691. The molecule has 10 heteroatoms. The van der Waals surface area contributed by atoms with E-state index >= 15 is 0 Å². The first-order valence-electron chi connectivity index (χ1n) is 5.64. The first-order valence-corrected chi connectivity index (χ1v) is 6.02. The smallest absolute Gasteiger partial charge is 0.331 e. The minimum Gasteiger partial charge on any atom is -0.331 e. The lowest BCUT2D eigenvalue weighted by Crippen LogP contribution is -2.14. The van der Waals surface area contributed by atoms with Gasteiger partial charge in [-0.1, -0.05) is 17.7 Å². The number of anilines is 3. The third-order valence-corrected chi connectivity index (χ3v) is 2.89. The van der Waals surface area contributed by atoms with Gasteiger partial charge in [0.05, 0.1) is 15.6 Å². The lowest BCUT2D eigenvalue weighted by molar-refractivity contribution is -0.385. The molecule has 8 nitrogen and oxygen atoms in total. The van der Waals surface area contributed by atoms with Gasteiger partial charge in [-0.25, -0.2) is 15.2 Å². The highest BCUT2D eigenvalue weighted by molar-refractivity contribution is 6.33. The summed E-state index contributed by atoms with van der Waals surface area (Å²) in [5.41, 5.74) is 1.73. The number of para-hydroxylation sites is 1. The Kier molecular flexibility index (Phi) is 4.15. The second-order valence-corrected chi connectivity index (χ2v) is 4.36. The topological polar surface area (TPSA) is 119 Å². The molecule has 0 unspecified atom stereocenters. The highest BCUT2D eigenvalue weighted by Gasteiger charge is 2.23. The molecule has 2 rings (SSSR count). The molecule has 0 radical (unpaired) electrons. The van der Waals surface area contributed by atoms with E-state index in [0.29, 0.717) is 0 Å². The van der Waals surface area contributed by atoms with Crippen LogP contribution in [0.15, 0.2) is 18.2 Å². The molecule has 1 aromatic heterocycles. The van der Waals surface area contributed by atoms with E-state index < -0.39 is 16.4 Å². The Hall–Kier alpha value is -2.52. The molecule has 0 atom stereocenters. The number of benzene rings is 1. The normalized spacial score (nSPS) is 10.3. The van der Waals surface area contributed by atoms with E-state index in [9.17, 15) is 14.5 Å². The van der Waals surface area contributed by atoms with Crippen molar-refractivity contribution in [2.75, 3.05) is 10.7 Å². The van der Waals surface area contributed by atoms with E-state index in [0.717, 1.165) is 6.07 Å². The number of nitrogens with one attached hydrogen (secondary N) is 2. The number of nitro groups is 1. The fraction of sp³-hybridized carbons (Fsp3) is 0.0909. The Morgan fingerprint density at radius 3 is 2.71 bits per heavy atom. The second-order valence-electron chi connectivity index (χ2n) is 3.95. The van der Waals surface area contributed by atoms with Crippen LogP contribution in [0, 0.1) is 22.9 Å². The largest absolute Gasteiger partial charge is 0.332 e. The van der Waals surface area contributed by atoms with Gasteiger partial charge >= 0.3 is 5.69 Å². The average Bonchev–Trinajstić information content (AvgIpc) is 2.42. The third kappa shape index (κ3) is 2.98. The SMILES string of the molecule is Cc1nc(NN)nc(Nc2c(F)cccc2Cl)c1[N+](=O)[O-]. The van der Waals surface area contributed by atoms with Crippen LogP contribution in [0.2, 0.25) is 5.02 Å². The average molecular weight is 313 g/mol. The van der Waals surface area contributed by atoms with Crippen molar-refractivity contribution < 1.29 is 9.31 Å². The van der Waals surface area contributed by atoms with Gasteiger partial charge in [-0.05, 0) is 19.1 Å². The molecule has 1 aromatic carbocycles. The standard InChI is InChI=1S/C11H10ClFN6O2/c1-5-9(19(20)21)10(17-11(15-5)18-14)16-8-6(12)3-2-4-7(8)13/h2-4H,14H2,1H3,(H2,15,16,17,18). The third-order valence-electron chi connectivity index (χ3n) is 2.58. The van der Waals surface area contributed by atoms with Crippen molar-refractivity contribution in [2.24, 2.45) is 5.84 Å². The summed E-state index contributed by atoms with van der Waals surface area (Å²) in [6.45, 7) is 1.41. The Labute approximate surface area is 123 Å². The second kappa shape index (κ2) is 5.85. The van der Waals surface area contributed by atoms with E-state index in [1.54, 1.807) is 0 Å². The van der Waals surface area contributed by atoms with E-state index in [1.165, 1.54) is 19.1 Å². The number of nitrogen functional groups attached to an aromatic ring is 1. The van der Waals surface area contributed by atoms with Gasteiger partial charge in [0.25, 0.3) is 0 Å². The van der Waals surface area contributed by atoms with E-state index in [-0.39, 0.29) is 28.2 Å². The minimum atomic E-state index is -0.674. The maximum Gasteiger partial charge on any atom is 0.332 e. The number of aryl methyl sites for hydroxylation is 1. The molecule has 0 fully saturated rings. The zero-order chi connectivity index (χ0) is 15.6. The van der Waals surface area contributed by atoms with Crippen molar-refractivity contribution in [1.29, 1.82) is 0 Å². The first-order chi connectivity index (χ1) is 9.93. The molecule has 4 N–H and O–H groups in total. The van der Waals surface area contributed by atoms with Crippen LogP contribution >= 0.6 is 11.6 Å². The molecular formula is C11H10ClFN6O2. The van der Waals surface area contributed by atoms with Gasteiger partial charge < -0.3 is 5.32 Å². The van der Waals surface area contributed by atoms with Crippen LogP contribution in [-0.2, 0) is 0 Å². The van der Waals surface area contributed by atoms with Crippen LogP contribution in [0.1, 0.15) is 5.69 Å². The molecule has 0 aliphatic carbocycles. The van der Waals surface area contributed by atoms with Crippen LogP contribution in [0.5, 0.6) is 0 Å². The van der Waals surface area contributed by atoms with Gasteiger partial charge in [-0.2, -0.15) is 4.98 Å². The fourth-order valence-electron chi connectivity index (χ4n) is 1.67. The molecule has 0 saturated heterocycles. The van der Waals surface area contributed by atoms with Gasteiger partial charge in [0.2, 0.25) is 11.8 Å². The molecule has 21 heavy (non-hydrogen) atoms. The van der Waals surface area contributed by atoms with Gasteiger partial charge in [-0.15, -0.1) is 0 Å². The summed E-state index contributed by atoms with van der Waals surface area (Å²) in [6.07, 6.45) is 0. The van der Waals surface area contributed by atoms with Gasteiger partial charge in [0, 0.05) is 0 Å². The molecule has 0 amide bonds. The van der Waals surface area contributed by atoms with Crippen molar-refractivity contribution in [3.05, 3.63) is 44.8 Å². The summed E-state index contributed by atoms with van der Waals surface area (Å²) in [4.78, 5) is 18.1. The van der Waals surface area contributed by atoms with Crippen LogP contribution in [-0.4, -0.2) is 14.9 Å². The Morgan fingerprint density at radius 1 is 1.43 bits per heavy atom. The summed E-state index contributed by atoms with van der Waals surface area (Å²) >= 11 is 5.87. The highest BCUT2D eigenvalue weighted by Crippen LogP contribution is 2.33. The van der Waals surface area contributed by atoms with Gasteiger partial charge in [0.15, 0.2) is 0 Å². The number of hydrazine groups is 1. The monoisotopic (exact) mass is 312 g/mol. The maximum atomic E-state index is 13.8. The van der Waals surface area contributed by atoms with Gasteiger partial charge in [-0.3, -0.25) is 15.5 Å². The summed E-state index contributed by atoms with van der Waals surface area (Å²) < 4.78 is 13.8. The van der Waals surface area contributed by atoms with Crippen molar-refractivity contribution >= 4 is 34.7 Å². The summed E-state index contributed by atoms with van der Waals surface area (Å²) in [7, 11) is 0. The molecule has 110 valence electrons. The Balaban J connectivity index is 2.57. The van der Waals surface area contributed by atoms with E-state index in [1.807, 2.05) is 0 Å². The van der Waals surface area contributed by atoms with E-state index in [4.69, 9.17) is 17.4 Å². The van der Waals surface area contributed by atoms with Crippen LogP contribution in [0.25, 0.3) is 0 Å². The van der Waals surface area contributed by atoms with E-state index in [2.05, 4.69) is 20.7 Å². The number of halogens is 2. The molecule has 0 aliphatic rings. The predicted octanol–water partition coefficient (Wildman–Crippen LogP) is 2.51. The molecule has 2 aromatic rings. The first kappa shape index (κ1) is 14.9. The molecule has 1 heterocycles. The summed E-state index contributed by atoms with van der Waals surface area (Å²) in [6, 6.07) is 4.01. The molecule has 0 bridgehead atoms. The quantitative estimate of drug-likeness (QED) is 0.451. The predicted molar refractivity (Wildman–Crippen MR) is 75.9 cm³/mol. The number of hydrogen-bond acceptors (Lipinski definition) is 7. The molecular weight excluding hydrogens is 303 g/mol. The lowest BCUT2D eigenvalue weighted by atomic mass is 10.3. The van der Waals surface area contributed by atoms with Crippen LogP contribution < -0.4 is 16.6 Å². The summed E-state index contributed by atoms with van der Waals surface area (Å²) in [5.74, 6) is 4.26. The number of nitrogens with two attached hydrogens (primary N) is 1. The number of rotatable bonds is 4. The Morgan fingerprint density at radius 2 is 2.14 bits per heavy atom. The zero-order valence-corrected chi connectivity index (χ0v) is 11.5. The van der Waals surface area contributed by atoms with Crippen LogP contribution in [0.3, 0.4) is 0 Å².